The number of alkyl halides is 3. The standard InChI is InChI=1S/C20H22F3N3O2/c21-20(22,23)17-6-3-14(4-7-17)9-10-24-19(27)26-12-16-5-8-18(25-11-16)28-13-15-1-2-15/h3-8,11,15H,1-2,9-10,12-13H2,(H2,24,26,27). The van der Waals surface area contributed by atoms with Gasteiger partial charge >= 0.3 is 12.2 Å². The maximum absolute atomic E-state index is 12.5. The van der Waals surface area contributed by atoms with Crippen molar-refractivity contribution in [3.63, 3.8) is 0 Å². The summed E-state index contributed by atoms with van der Waals surface area (Å²) in [4.78, 5) is 16.0. The van der Waals surface area contributed by atoms with Crippen molar-refractivity contribution in [2.45, 2.75) is 32.0 Å². The van der Waals surface area contributed by atoms with E-state index in [9.17, 15) is 18.0 Å². The molecule has 1 aliphatic carbocycles. The second kappa shape index (κ2) is 8.95. The predicted molar refractivity (Wildman–Crippen MR) is 97.8 cm³/mol. The van der Waals surface area contributed by atoms with E-state index in [1.807, 2.05) is 6.07 Å². The Labute approximate surface area is 161 Å². The van der Waals surface area contributed by atoms with Crippen LogP contribution in [0, 0.1) is 5.92 Å². The molecule has 3 rings (SSSR count). The smallest absolute Gasteiger partial charge is 0.416 e. The number of carbonyl (C=O) groups excluding carboxylic acids is 1. The molecule has 2 amide bonds. The van der Waals surface area contributed by atoms with Gasteiger partial charge in [-0.1, -0.05) is 18.2 Å². The fourth-order valence-electron chi connectivity index (χ4n) is 2.51. The quantitative estimate of drug-likeness (QED) is 0.714. The number of aromatic nitrogens is 1. The normalized spacial score (nSPS) is 13.8. The highest BCUT2D eigenvalue weighted by Crippen LogP contribution is 2.29. The van der Waals surface area contributed by atoms with Crippen LogP contribution in [-0.4, -0.2) is 24.2 Å². The Hall–Kier alpha value is -2.77. The lowest BCUT2D eigenvalue weighted by molar-refractivity contribution is -0.137. The van der Waals surface area contributed by atoms with Gasteiger partial charge in [-0.25, -0.2) is 9.78 Å². The van der Waals surface area contributed by atoms with Gasteiger partial charge in [-0.15, -0.1) is 0 Å². The van der Waals surface area contributed by atoms with Gasteiger partial charge in [0, 0.05) is 25.4 Å². The van der Waals surface area contributed by atoms with Crippen molar-refractivity contribution >= 4 is 6.03 Å². The van der Waals surface area contributed by atoms with Crippen LogP contribution in [0.1, 0.15) is 29.5 Å². The summed E-state index contributed by atoms with van der Waals surface area (Å²) in [5, 5.41) is 5.39. The van der Waals surface area contributed by atoms with Crippen molar-refractivity contribution < 1.29 is 22.7 Å². The molecule has 0 atom stereocenters. The number of halogens is 3. The van der Waals surface area contributed by atoms with Gasteiger partial charge in [-0.05, 0) is 48.4 Å². The van der Waals surface area contributed by atoms with E-state index in [1.54, 1.807) is 12.3 Å². The van der Waals surface area contributed by atoms with E-state index in [-0.39, 0.29) is 6.03 Å². The first-order valence-corrected chi connectivity index (χ1v) is 9.16. The van der Waals surface area contributed by atoms with E-state index in [4.69, 9.17) is 4.74 Å². The van der Waals surface area contributed by atoms with Crippen molar-refractivity contribution in [1.29, 1.82) is 0 Å². The summed E-state index contributed by atoms with van der Waals surface area (Å²) in [6.45, 7) is 1.34. The first-order chi connectivity index (χ1) is 13.4. The molecule has 2 N–H and O–H groups in total. The number of nitrogens with zero attached hydrogens (tertiary/aromatic N) is 1. The highest BCUT2D eigenvalue weighted by atomic mass is 19.4. The van der Waals surface area contributed by atoms with Gasteiger partial charge in [0.1, 0.15) is 0 Å². The summed E-state index contributed by atoms with van der Waals surface area (Å²) in [5.74, 6) is 1.24. The molecule has 1 aromatic heterocycles. The van der Waals surface area contributed by atoms with Crippen LogP contribution in [0.2, 0.25) is 0 Å². The molecule has 0 unspecified atom stereocenters. The maximum atomic E-state index is 12.5. The third kappa shape index (κ3) is 6.44. The van der Waals surface area contributed by atoms with Crippen LogP contribution in [0.15, 0.2) is 42.6 Å². The Balaban J connectivity index is 1.34. The molecule has 0 radical (unpaired) electrons. The van der Waals surface area contributed by atoms with Gasteiger partial charge in [-0.2, -0.15) is 13.2 Å². The number of urea groups is 1. The van der Waals surface area contributed by atoms with E-state index in [0.717, 1.165) is 23.3 Å². The fourth-order valence-corrected chi connectivity index (χ4v) is 2.51. The number of rotatable bonds is 8. The molecular formula is C20H22F3N3O2. The average Bonchev–Trinajstić information content (AvgIpc) is 3.50. The van der Waals surface area contributed by atoms with Gasteiger partial charge in [0.25, 0.3) is 0 Å². The number of hydrogen-bond acceptors (Lipinski definition) is 3. The molecule has 150 valence electrons. The molecular weight excluding hydrogens is 371 g/mol. The molecule has 1 aliphatic rings. The first kappa shape index (κ1) is 20.0. The fraction of sp³-hybridized carbons (Fsp3) is 0.400. The number of hydrogen-bond donors (Lipinski definition) is 2. The van der Waals surface area contributed by atoms with Gasteiger partial charge < -0.3 is 15.4 Å². The molecule has 1 saturated carbocycles. The molecule has 2 aromatic rings. The summed E-state index contributed by atoms with van der Waals surface area (Å²) in [7, 11) is 0. The zero-order chi connectivity index (χ0) is 20.0. The second-order valence-electron chi connectivity index (χ2n) is 6.81. The van der Waals surface area contributed by atoms with Gasteiger partial charge in [0.15, 0.2) is 0 Å². The summed E-state index contributed by atoms with van der Waals surface area (Å²) in [6.07, 6.45) is 0.198. The molecule has 5 nitrogen and oxygen atoms in total. The predicted octanol–water partition coefficient (Wildman–Crippen LogP) is 3.93. The SMILES string of the molecule is O=C(NCCc1ccc(C(F)(F)F)cc1)NCc1ccc(OCC2CC2)nc1. The Morgan fingerprint density at radius 2 is 1.79 bits per heavy atom. The largest absolute Gasteiger partial charge is 0.477 e. The van der Waals surface area contributed by atoms with Crippen LogP contribution in [-0.2, 0) is 19.1 Å². The van der Waals surface area contributed by atoms with E-state index < -0.39 is 11.7 Å². The van der Waals surface area contributed by atoms with Crippen molar-refractivity contribution in [2.24, 2.45) is 5.92 Å². The topological polar surface area (TPSA) is 63.2 Å². The van der Waals surface area contributed by atoms with Crippen molar-refractivity contribution in [2.75, 3.05) is 13.2 Å². The third-order valence-electron chi connectivity index (χ3n) is 4.40. The van der Waals surface area contributed by atoms with Crippen molar-refractivity contribution in [3.8, 4) is 5.88 Å². The number of ether oxygens (including phenoxy) is 1. The minimum Gasteiger partial charge on any atom is -0.477 e. The molecule has 1 heterocycles. The van der Waals surface area contributed by atoms with Gasteiger partial charge in [0.2, 0.25) is 5.88 Å². The number of carbonyl (C=O) groups is 1. The molecule has 0 bridgehead atoms. The summed E-state index contributed by atoms with van der Waals surface area (Å²) >= 11 is 0. The van der Waals surface area contributed by atoms with Gasteiger partial charge in [-0.3, -0.25) is 0 Å². The van der Waals surface area contributed by atoms with E-state index in [0.29, 0.717) is 37.9 Å². The van der Waals surface area contributed by atoms with Crippen LogP contribution in [0.4, 0.5) is 18.0 Å². The third-order valence-corrected chi connectivity index (χ3v) is 4.40. The number of amides is 2. The maximum Gasteiger partial charge on any atom is 0.416 e. The molecule has 8 heteroatoms. The molecule has 1 fully saturated rings. The summed E-state index contributed by atoms with van der Waals surface area (Å²) in [5.41, 5.74) is 0.885. The Kier molecular flexibility index (Phi) is 6.38. The lowest BCUT2D eigenvalue weighted by Crippen LogP contribution is -2.36. The zero-order valence-electron chi connectivity index (χ0n) is 15.3. The minimum atomic E-state index is -4.34. The van der Waals surface area contributed by atoms with Crippen molar-refractivity contribution in [1.82, 2.24) is 15.6 Å². The second-order valence-corrected chi connectivity index (χ2v) is 6.81. The lowest BCUT2D eigenvalue weighted by Gasteiger charge is -2.10. The van der Waals surface area contributed by atoms with Crippen LogP contribution in [0.5, 0.6) is 5.88 Å². The highest BCUT2D eigenvalue weighted by Gasteiger charge is 2.29. The Morgan fingerprint density at radius 3 is 2.39 bits per heavy atom. The number of pyridine rings is 1. The Bertz CT molecular complexity index is 773. The number of nitrogens with one attached hydrogen (secondary N) is 2. The van der Waals surface area contributed by atoms with E-state index in [2.05, 4.69) is 15.6 Å². The molecule has 0 saturated heterocycles. The molecule has 0 spiro atoms. The zero-order valence-corrected chi connectivity index (χ0v) is 15.3. The van der Waals surface area contributed by atoms with Gasteiger partial charge in [0.05, 0.1) is 12.2 Å². The van der Waals surface area contributed by atoms with Crippen LogP contribution in [0.25, 0.3) is 0 Å². The first-order valence-electron chi connectivity index (χ1n) is 9.16. The summed E-state index contributed by atoms with van der Waals surface area (Å²) < 4.78 is 43.1. The molecule has 0 aliphatic heterocycles. The van der Waals surface area contributed by atoms with Crippen LogP contribution < -0.4 is 15.4 Å². The Morgan fingerprint density at radius 1 is 1.07 bits per heavy atom. The molecule has 28 heavy (non-hydrogen) atoms. The lowest BCUT2D eigenvalue weighted by atomic mass is 10.1. The van der Waals surface area contributed by atoms with Crippen LogP contribution >= 0.6 is 0 Å². The highest BCUT2D eigenvalue weighted by molar-refractivity contribution is 5.73. The van der Waals surface area contributed by atoms with E-state index in [1.165, 1.54) is 25.0 Å². The van der Waals surface area contributed by atoms with Crippen molar-refractivity contribution in [3.05, 3.63) is 59.3 Å². The number of benzene rings is 1. The van der Waals surface area contributed by atoms with Crippen LogP contribution in [0.3, 0.4) is 0 Å². The average molecular weight is 393 g/mol. The minimum absolute atomic E-state index is 0.321. The monoisotopic (exact) mass is 393 g/mol. The van der Waals surface area contributed by atoms with E-state index >= 15 is 0 Å². The summed E-state index contributed by atoms with van der Waals surface area (Å²) in [6, 6.07) is 8.20. The molecule has 1 aromatic carbocycles.